The number of fused-ring (bicyclic) bond motifs is 1. The predicted molar refractivity (Wildman–Crippen MR) is 102 cm³/mol. The molecule has 0 saturated carbocycles. The highest BCUT2D eigenvalue weighted by Crippen LogP contribution is 2.34. The van der Waals surface area contributed by atoms with E-state index < -0.39 is 0 Å². The lowest BCUT2D eigenvalue weighted by Gasteiger charge is -2.14. The van der Waals surface area contributed by atoms with E-state index in [0.717, 1.165) is 27.8 Å². The van der Waals surface area contributed by atoms with Crippen molar-refractivity contribution in [3.8, 4) is 5.75 Å². The summed E-state index contributed by atoms with van der Waals surface area (Å²) in [4.78, 5) is 4.71. The van der Waals surface area contributed by atoms with Crippen LogP contribution in [0.1, 0.15) is 50.1 Å². The third kappa shape index (κ3) is 3.26. The molecule has 0 amide bonds. The molecule has 0 radical (unpaired) electrons. The van der Waals surface area contributed by atoms with Gasteiger partial charge in [0.25, 0.3) is 0 Å². The summed E-state index contributed by atoms with van der Waals surface area (Å²) in [7, 11) is 0. The molecule has 1 aromatic heterocycles. The Morgan fingerprint density at radius 2 is 1.39 bits per heavy atom. The van der Waals surface area contributed by atoms with E-state index in [9.17, 15) is 5.11 Å². The van der Waals surface area contributed by atoms with E-state index in [2.05, 4.69) is 12.2 Å². The predicted octanol–water partition coefficient (Wildman–Crippen LogP) is 6.07. The summed E-state index contributed by atoms with van der Waals surface area (Å²) in [6.07, 6.45) is 16.2. The number of phenolic OH excluding ortho intramolecular Hbond substituents is 1. The lowest BCUT2D eigenvalue weighted by Crippen LogP contribution is -1.97. The fourth-order valence-electron chi connectivity index (χ4n) is 2.73. The Bertz CT molecular complexity index is 824. The molecular formula is C21H23NO. The van der Waals surface area contributed by atoms with Crippen molar-refractivity contribution in [1.29, 1.82) is 0 Å². The van der Waals surface area contributed by atoms with E-state index in [1.165, 1.54) is 0 Å². The number of rotatable bonds is 4. The molecule has 23 heavy (non-hydrogen) atoms. The number of nitrogens with zero attached hydrogens (tertiary/aromatic N) is 1. The van der Waals surface area contributed by atoms with Gasteiger partial charge in [-0.25, -0.2) is 4.98 Å². The van der Waals surface area contributed by atoms with Crippen molar-refractivity contribution in [3.05, 3.63) is 58.8 Å². The van der Waals surface area contributed by atoms with Crippen LogP contribution in [-0.2, 0) is 0 Å². The zero-order valence-electron chi connectivity index (χ0n) is 14.2. The number of hydrogen-bond acceptors (Lipinski definition) is 2. The van der Waals surface area contributed by atoms with Crippen LogP contribution in [0, 0.1) is 0 Å². The van der Waals surface area contributed by atoms with Crippen LogP contribution < -0.4 is 0 Å². The lowest BCUT2D eigenvalue weighted by molar-refractivity contribution is 0.480. The third-order valence-electron chi connectivity index (χ3n) is 3.59. The van der Waals surface area contributed by atoms with E-state index >= 15 is 0 Å². The molecule has 0 bridgehead atoms. The van der Waals surface area contributed by atoms with E-state index in [1.54, 1.807) is 6.07 Å². The number of allylic oxidation sites excluding steroid dienone is 4. The Kier molecular flexibility index (Phi) is 5.53. The fourth-order valence-corrected chi connectivity index (χ4v) is 2.73. The fraction of sp³-hybridized carbons (Fsp3) is 0.190. The van der Waals surface area contributed by atoms with Crippen LogP contribution in [0.2, 0.25) is 0 Å². The van der Waals surface area contributed by atoms with Crippen LogP contribution in [0.15, 0.2) is 36.4 Å². The van der Waals surface area contributed by atoms with E-state index in [-0.39, 0.29) is 5.75 Å². The summed E-state index contributed by atoms with van der Waals surface area (Å²) in [5, 5.41) is 11.3. The molecule has 2 rings (SSSR count). The number of hydrogen-bond donors (Lipinski definition) is 1. The first kappa shape index (κ1) is 16.8. The van der Waals surface area contributed by atoms with Gasteiger partial charge in [0.2, 0.25) is 0 Å². The maximum Gasteiger partial charge on any atom is 0.141 e. The number of phenols is 1. The minimum atomic E-state index is 0.205. The molecule has 0 aliphatic carbocycles. The smallest absolute Gasteiger partial charge is 0.141 e. The van der Waals surface area contributed by atoms with Crippen LogP contribution in [-0.4, -0.2) is 10.1 Å². The maximum atomic E-state index is 10.3. The monoisotopic (exact) mass is 305 g/mol. The molecule has 0 aliphatic heterocycles. The Labute approximate surface area is 138 Å². The minimum absolute atomic E-state index is 0.205. The van der Waals surface area contributed by atoms with Crippen molar-refractivity contribution >= 4 is 35.2 Å². The van der Waals surface area contributed by atoms with Crippen LogP contribution in [0.3, 0.4) is 0 Å². The van der Waals surface area contributed by atoms with Crippen molar-refractivity contribution in [2.45, 2.75) is 27.7 Å². The molecule has 0 spiro atoms. The summed E-state index contributed by atoms with van der Waals surface area (Å²) >= 11 is 0. The van der Waals surface area contributed by atoms with Crippen molar-refractivity contribution in [2.75, 3.05) is 0 Å². The summed E-state index contributed by atoms with van der Waals surface area (Å²) in [6.45, 7) is 7.96. The van der Waals surface area contributed by atoms with E-state index in [0.29, 0.717) is 5.52 Å². The Balaban J connectivity index is 3.08. The highest BCUT2D eigenvalue weighted by molar-refractivity contribution is 6.01. The van der Waals surface area contributed by atoms with Gasteiger partial charge in [-0.15, -0.1) is 0 Å². The van der Waals surface area contributed by atoms with Gasteiger partial charge in [0.05, 0.1) is 5.69 Å². The molecule has 1 aromatic carbocycles. The van der Waals surface area contributed by atoms with Crippen LogP contribution in [0.4, 0.5) is 0 Å². The number of benzene rings is 1. The maximum absolute atomic E-state index is 10.3. The largest absolute Gasteiger partial charge is 0.506 e. The van der Waals surface area contributed by atoms with Gasteiger partial charge in [-0.3, -0.25) is 0 Å². The number of aromatic nitrogens is 1. The van der Waals surface area contributed by atoms with Gasteiger partial charge in [-0.1, -0.05) is 48.6 Å². The van der Waals surface area contributed by atoms with Crippen LogP contribution in [0.25, 0.3) is 35.2 Å². The van der Waals surface area contributed by atoms with Gasteiger partial charge in [0.15, 0.2) is 0 Å². The summed E-state index contributed by atoms with van der Waals surface area (Å²) in [6, 6.07) is 3.64. The molecule has 2 aromatic rings. The van der Waals surface area contributed by atoms with E-state index in [1.807, 2.05) is 70.2 Å². The normalized spacial score (nSPS) is 12.7. The van der Waals surface area contributed by atoms with Gasteiger partial charge in [-0.2, -0.15) is 0 Å². The standard InChI is InChI=1S/C21H23NO/c1-5-9-15-13-14-19(23)21-20(15)17(11-7-3)16(10-6-2)18(22-21)12-8-4/h5-14,23H,1-4H3/b9-5-,10-6-,11-7-,12-8-. The molecule has 1 N–H and O–H groups in total. The number of aromatic hydroxyl groups is 1. The first-order valence-electron chi connectivity index (χ1n) is 7.88. The molecule has 0 unspecified atom stereocenters. The highest BCUT2D eigenvalue weighted by Gasteiger charge is 2.14. The second-order valence-electron chi connectivity index (χ2n) is 5.22. The van der Waals surface area contributed by atoms with Gasteiger partial charge < -0.3 is 5.11 Å². The molecule has 0 fully saturated rings. The average molecular weight is 305 g/mol. The van der Waals surface area contributed by atoms with Crippen molar-refractivity contribution < 1.29 is 5.11 Å². The molecular weight excluding hydrogens is 282 g/mol. The number of pyridine rings is 1. The second kappa shape index (κ2) is 7.59. The molecule has 0 atom stereocenters. The van der Waals surface area contributed by atoms with Crippen molar-refractivity contribution in [3.63, 3.8) is 0 Å². The van der Waals surface area contributed by atoms with Gasteiger partial charge >= 0.3 is 0 Å². The second-order valence-corrected chi connectivity index (χ2v) is 5.22. The zero-order chi connectivity index (χ0) is 16.8. The Morgan fingerprint density at radius 3 is 2.00 bits per heavy atom. The SMILES string of the molecule is C/C=C\c1nc2c(O)ccc(/C=C\C)c2c(/C=C\C)c1/C=C\C. The summed E-state index contributed by atoms with van der Waals surface area (Å²) in [5.74, 6) is 0.205. The third-order valence-corrected chi connectivity index (χ3v) is 3.59. The van der Waals surface area contributed by atoms with E-state index in [4.69, 9.17) is 4.98 Å². The molecule has 118 valence electrons. The molecule has 2 nitrogen and oxygen atoms in total. The van der Waals surface area contributed by atoms with Crippen LogP contribution in [0.5, 0.6) is 5.75 Å². The summed E-state index contributed by atoms with van der Waals surface area (Å²) < 4.78 is 0. The molecule has 1 heterocycles. The Hall–Kier alpha value is -2.61. The van der Waals surface area contributed by atoms with Crippen LogP contribution >= 0.6 is 0 Å². The van der Waals surface area contributed by atoms with Gasteiger partial charge in [0.1, 0.15) is 11.3 Å². The average Bonchev–Trinajstić information content (AvgIpc) is 2.54. The first-order valence-corrected chi connectivity index (χ1v) is 7.88. The molecule has 0 saturated heterocycles. The summed E-state index contributed by atoms with van der Waals surface area (Å²) in [5.41, 5.74) is 4.69. The zero-order valence-corrected chi connectivity index (χ0v) is 14.2. The molecule has 2 heteroatoms. The van der Waals surface area contributed by atoms with Crippen molar-refractivity contribution in [1.82, 2.24) is 4.98 Å². The highest BCUT2D eigenvalue weighted by atomic mass is 16.3. The lowest BCUT2D eigenvalue weighted by atomic mass is 9.95. The van der Waals surface area contributed by atoms with Gasteiger partial charge in [0, 0.05) is 10.9 Å². The Morgan fingerprint density at radius 1 is 0.783 bits per heavy atom. The quantitative estimate of drug-likeness (QED) is 0.743. The molecule has 0 aliphatic rings. The minimum Gasteiger partial charge on any atom is -0.506 e. The van der Waals surface area contributed by atoms with Gasteiger partial charge in [-0.05, 0) is 51.0 Å². The topological polar surface area (TPSA) is 33.1 Å². The first-order chi connectivity index (χ1) is 11.2. The van der Waals surface area contributed by atoms with Crippen molar-refractivity contribution in [2.24, 2.45) is 0 Å².